The number of aryl methyl sites for hydroxylation is 1. The van der Waals surface area contributed by atoms with E-state index >= 15 is 0 Å². The summed E-state index contributed by atoms with van der Waals surface area (Å²) in [4.78, 5) is 27.2. The predicted octanol–water partition coefficient (Wildman–Crippen LogP) is 2.78. The van der Waals surface area contributed by atoms with Crippen molar-refractivity contribution in [1.29, 1.82) is 0 Å². The molecule has 120 valence electrons. The topological polar surface area (TPSA) is 71.2 Å². The molecule has 1 aliphatic heterocycles. The Morgan fingerprint density at radius 1 is 1.43 bits per heavy atom. The summed E-state index contributed by atoms with van der Waals surface area (Å²) in [7, 11) is 0. The Bertz CT molecular complexity index is 809. The van der Waals surface area contributed by atoms with Crippen molar-refractivity contribution in [1.82, 2.24) is 10.3 Å². The molecule has 0 saturated heterocycles. The van der Waals surface area contributed by atoms with E-state index in [1.807, 2.05) is 6.92 Å². The van der Waals surface area contributed by atoms with Crippen LogP contribution in [0.25, 0.3) is 0 Å². The first-order valence-corrected chi connectivity index (χ1v) is 7.79. The number of H-pyrrole nitrogens is 1. The summed E-state index contributed by atoms with van der Waals surface area (Å²) in [5.41, 5.74) is 1.84. The molecule has 5 nitrogen and oxygen atoms in total. The second-order valence-electron chi connectivity index (χ2n) is 5.35. The average molecular weight is 353 g/mol. The summed E-state index contributed by atoms with van der Waals surface area (Å²) in [5.74, 6) is -0.537. The molecule has 0 radical (unpaired) electrons. The highest BCUT2D eigenvalue weighted by Gasteiger charge is 2.33. The third-order valence-corrected chi connectivity index (χ3v) is 4.40. The van der Waals surface area contributed by atoms with E-state index in [1.54, 1.807) is 12.1 Å². The lowest BCUT2D eigenvalue weighted by molar-refractivity contribution is -0.122. The number of fused-ring (bicyclic) bond motifs is 1. The first-order valence-electron chi connectivity index (χ1n) is 7.04. The lowest BCUT2D eigenvalue weighted by Crippen LogP contribution is -2.31. The van der Waals surface area contributed by atoms with Gasteiger partial charge in [-0.2, -0.15) is 0 Å². The van der Waals surface area contributed by atoms with E-state index in [9.17, 15) is 9.59 Å². The van der Waals surface area contributed by atoms with Crippen molar-refractivity contribution in [2.75, 3.05) is 6.61 Å². The van der Waals surface area contributed by atoms with Gasteiger partial charge in [-0.15, -0.1) is 0 Å². The minimum atomic E-state index is -0.624. The summed E-state index contributed by atoms with van der Waals surface area (Å²) in [6, 6.07) is 4.80. The second kappa shape index (κ2) is 6.26. The van der Waals surface area contributed by atoms with Gasteiger partial charge in [0.15, 0.2) is 11.3 Å². The van der Waals surface area contributed by atoms with Gasteiger partial charge in [0.25, 0.3) is 0 Å². The Balaban J connectivity index is 1.77. The molecule has 0 bridgehead atoms. The van der Waals surface area contributed by atoms with Gasteiger partial charge in [-0.3, -0.25) is 9.59 Å². The summed E-state index contributed by atoms with van der Waals surface area (Å²) < 4.78 is 5.37. The number of aromatic nitrogens is 1. The zero-order valence-corrected chi connectivity index (χ0v) is 13.8. The summed E-state index contributed by atoms with van der Waals surface area (Å²) in [6.45, 7) is 2.28. The van der Waals surface area contributed by atoms with Crippen LogP contribution in [-0.4, -0.2) is 17.5 Å². The maximum absolute atomic E-state index is 12.4. The summed E-state index contributed by atoms with van der Waals surface area (Å²) in [6.07, 6.45) is 1.50. The fourth-order valence-corrected chi connectivity index (χ4v) is 3.30. The number of hydrogen-bond donors (Lipinski definition) is 2. The zero-order chi connectivity index (χ0) is 16.6. The quantitative estimate of drug-likeness (QED) is 0.891. The Hall–Kier alpha value is -1.98. The molecule has 23 heavy (non-hydrogen) atoms. The van der Waals surface area contributed by atoms with Gasteiger partial charge in [0.2, 0.25) is 5.91 Å². The molecule has 1 aliphatic rings. The van der Waals surface area contributed by atoms with Crippen LogP contribution in [0, 0.1) is 6.92 Å². The van der Waals surface area contributed by atoms with E-state index in [-0.39, 0.29) is 24.5 Å². The van der Waals surface area contributed by atoms with E-state index in [4.69, 9.17) is 27.9 Å². The van der Waals surface area contributed by atoms with Crippen LogP contribution in [0.15, 0.2) is 29.2 Å². The largest absolute Gasteiger partial charge is 0.477 e. The van der Waals surface area contributed by atoms with Crippen molar-refractivity contribution in [3.05, 3.63) is 61.4 Å². The van der Waals surface area contributed by atoms with Gasteiger partial charge in [0, 0.05) is 28.9 Å². The highest BCUT2D eigenvalue weighted by Crippen LogP contribution is 2.29. The predicted molar refractivity (Wildman–Crippen MR) is 88.3 cm³/mol. The Morgan fingerprint density at radius 2 is 2.22 bits per heavy atom. The Labute approximate surface area is 142 Å². The first-order chi connectivity index (χ1) is 11.0. The van der Waals surface area contributed by atoms with E-state index in [2.05, 4.69) is 10.3 Å². The van der Waals surface area contributed by atoms with Gasteiger partial charge in [0.1, 0.15) is 12.5 Å². The molecule has 3 rings (SSSR count). The van der Waals surface area contributed by atoms with Crippen LogP contribution in [0.3, 0.4) is 0 Å². The smallest absolute Gasteiger partial charge is 0.231 e. The van der Waals surface area contributed by atoms with Crippen LogP contribution < -0.4 is 15.5 Å². The van der Waals surface area contributed by atoms with Crippen LogP contribution in [0.2, 0.25) is 10.0 Å². The van der Waals surface area contributed by atoms with Gasteiger partial charge in [-0.05, 0) is 30.2 Å². The van der Waals surface area contributed by atoms with Gasteiger partial charge in [-0.25, -0.2) is 0 Å². The number of ether oxygens (including phenoxy) is 1. The number of hydrogen-bond acceptors (Lipinski definition) is 3. The number of amides is 1. The summed E-state index contributed by atoms with van der Waals surface area (Å²) in [5, 5.41) is 3.86. The van der Waals surface area contributed by atoms with Crippen LogP contribution in [0.5, 0.6) is 5.88 Å². The number of pyridine rings is 1. The third-order valence-electron chi connectivity index (χ3n) is 3.84. The molecular weight excluding hydrogens is 339 g/mol. The average Bonchev–Trinajstić information content (AvgIpc) is 2.91. The SMILES string of the molecule is Cc1cc(Cl)cc(Cl)c1CNC(=O)C1COc2[nH]ccc(=O)c21. The summed E-state index contributed by atoms with van der Waals surface area (Å²) >= 11 is 12.1. The molecule has 1 amide bonds. The van der Waals surface area contributed by atoms with Crippen LogP contribution >= 0.6 is 23.2 Å². The maximum Gasteiger partial charge on any atom is 0.231 e. The monoisotopic (exact) mass is 352 g/mol. The third kappa shape index (κ3) is 3.07. The molecule has 1 aromatic carbocycles. The molecule has 1 unspecified atom stereocenters. The van der Waals surface area contributed by atoms with Crippen LogP contribution in [0.1, 0.15) is 22.6 Å². The lowest BCUT2D eigenvalue weighted by atomic mass is 10.0. The fraction of sp³-hybridized carbons (Fsp3) is 0.250. The number of benzene rings is 1. The van der Waals surface area contributed by atoms with Crippen molar-refractivity contribution in [3.8, 4) is 5.88 Å². The van der Waals surface area contributed by atoms with Crippen molar-refractivity contribution in [2.45, 2.75) is 19.4 Å². The minimum Gasteiger partial charge on any atom is -0.477 e. The van der Waals surface area contributed by atoms with E-state index in [1.165, 1.54) is 12.3 Å². The molecule has 2 N–H and O–H groups in total. The molecule has 2 heterocycles. The van der Waals surface area contributed by atoms with Gasteiger partial charge in [0.05, 0.1) is 5.56 Å². The first kappa shape index (κ1) is 15.9. The van der Waals surface area contributed by atoms with Crippen molar-refractivity contribution >= 4 is 29.1 Å². The number of rotatable bonds is 3. The molecule has 1 aromatic heterocycles. The number of nitrogens with one attached hydrogen (secondary N) is 2. The number of carbonyl (C=O) groups is 1. The fourth-order valence-electron chi connectivity index (χ4n) is 2.63. The highest BCUT2D eigenvalue weighted by molar-refractivity contribution is 6.35. The van der Waals surface area contributed by atoms with Crippen LogP contribution in [0.4, 0.5) is 0 Å². The molecule has 2 aromatic rings. The Kier molecular flexibility index (Phi) is 4.33. The number of aromatic amines is 1. The highest BCUT2D eigenvalue weighted by atomic mass is 35.5. The van der Waals surface area contributed by atoms with E-state index in [0.29, 0.717) is 21.5 Å². The minimum absolute atomic E-state index is 0.143. The second-order valence-corrected chi connectivity index (χ2v) is 6.19. The number of carbonyl (C=O) groups excluding carboxylic acids is 1. The normalized spacial score (nSPS) is 15.9. The molecule has 0 saturated carbocycles. The Morgan fingerprint density at radius 3 is 2.96 bits per heavy atom. The molecule has 0 aliphatic carbocycles. The molecule has 7 heteroatoms. The van der Waals surface area contributed by atoms with Crippen molar-refractivity contribution < 1.29 is 9.53 Å². The van der Waals surface area contributed by atoms with Crippen LogP contribution in [-0.2, 0) is 11.3 Å². The van der Waals surface area contributed by atoms with Crippen molar-refractivity contribution in [3.63, 3.8) is 0 Å². The maximum atomic E-state index is 12.4. The lowest BCUT2D eigenvalue weighted by Gasteiger charge is -2.13. The van der Waals surface area contributed by atoms with Gasteiger partial charge < -0.3 is 15.0 Å². The zero-order valence-electron chi connectivity index (χ0n) is 12.3. The molecule has 1 atom stereocenters. The molecular formula is C16H14Cl2N2O3. The van der Waals surface area contributed by atoms with Gasteiger partial charge >= 0.3 is 0 Å². The molecule has 0 fully saturated rings. The van der Waals surface area contributed by atoms with E-state index < -0.39 is 5.92 Å². The standard InChI is InChI=1S/C16H14Cl2N2O3/c1-8-4-9(17)5-12(18)10(8)6-20-15(22)11-7-23-16-14(11)13(21)2-3-19-16/h2-5,11H,6-7H2,1H3,(H,19,21)(H,20,22). The van der Waals surface area contributed by atoms with Crippen molar-refractivity contribution in [2.24, 2.45) is 0 Å². The number of halogens is 2. The molecule has 0 spiro atoms. The van der Waals surface area contributed by atoms with E-state index in [0.717, 1.165) is 11.1 Å². The van der Waals surface area contributed by atoms with Gasteiger partial charge in [-0.1, -0.05) is 23.2 Å².